The average Bonchev–Trinajstić information content (AvgIpc) is 3.05. The van der Waals surface area contributed by atoms with Gasteiger partial charge in [-0.25, -0.2) is 0 Å². The number of benzene rings is 1. The fourth-order valence-electron chi connectivity index (χ4n) is 1.88. The van der Waals surface area contributed by atoms with Crippen molar-refractivity contribution in [2.75, 3.05) is 13.2 Å². The maximum absolute atomic E-state index is 9.25. The minimum atomic E-state index is 0.122. The molecule has 1 aromatic carbocycles. The van der Waals surface area contributed by atoms with E-state index in [0.717, 1.165) is 24.9 Å². The molecule has 0 aromatic heterocycles. The number of rotatable bonds is 5. The van der Waals surface area contributed by atoms with E-state index in [1.165, 1.54) is 0 Å². The summed E-state index contributed by atoms with van der Waals surface area (Å²) in [4.78, 5) is 0. The topological polar surface area (TPSA) is 32.3 Å². The SMILES string of the molecule is CC(NCC1(CO)CC1)c1cc(Cl)cc(Cl)c1. The van der Waals surface area contributed by atoms with Crippen LogP contribution in [0.3, 0.4) is 0 Å². The minimum Gasteiger partial charge on any atom is -0.396 e. The number of aliphatic hydroxyl groups excluding tert-OH is 1. The maximum Gasteiger partial charge on any atom is 0.0499 e. The van der Waals surface area contributed by atoms with Gasteiger partial charge in [0.05, 0.1) is 0 Å². The van der Waals surface area contributed by atoms with Gasteiger partial charge in [0.1, 0.15) is 0 Å². The van der Waals surface area contributed by atoms with Crippen molar-refractivity contribution in [3.8, 4) is 0 Å². The highest BCUT2D eigenvalue weighted by Crippen LogP contribution is 2.44. The van der Waals surface area contributed by atoms with Crippen molar-refractivity contribution in [3.05, 3.63) is 33.8 Å². The monoisotopic (exact) mass is 273 g/mol. The van der Waals surface area contributed by atoms with Crippen LogP contribution in [0.5, 0.6) is 0 Å². The molecule has 0 aliphatic heterocycles. The zero-order chi connectivity index (χ0) is 12.5. The van der Waals surface area contributed by atoms with E-state index in [0.29, 0.717) is 10.0 Å². The summed E-state index contributed by atoms with van der Waals surface area (Å²) in [6.07, 6.45) is 2.22. The van der Waals surface area contributed by atoms with Crippen LogP contribution in [-0.2, 0) is 0 Å². The Balaban J connectivity index is 1.97. The summed E-state index contributed by atoms with van der Waals surface area (Å²) < 4.78 is 0. The molecule has 0 spiro atoms. The fraction of sp³-hybridized carbons (Fsp3) is 0.538. The van der Waals surface area contributed by atoms with Gasteiger partial charge in [-0.1, -0.05) is 23.2 Å². The largest absolute Gasteiger partial charge is 0.396 e. The normalized spacial score (nSPS) is 19.1. The van der Waals surface area contributed by atoms with E-state index in [1.54, 1.807) is 6.07 Å². The summed E-state index contributed by atoms with van der Waals surface area (Å²) in [7, 11) is 0. The first-order chi connectivity index (χ1) is 8.04. The molecule has 2 rings (SSSR count). The zero-order valence-corrected chi connectivity index (χ0v) is 11.4. The molecular weight excluding hydrogens is 257 g/mol. The zero-order valence-electron chi connectivity index (χ0n) is 9.84. The fourth-order valence-corrected chi connectivity index (χ4v) is 2.42. The molecule has 17 heavy (non-hydrogen) atoms. The predicted octanol–water partition coefficient (Wildman–Crippen LogP) is 3.42. The third-order valence-electron chi connectivity index (χ3n) is 3.46. The summed E-state index contributed by atoms with van der Waals surface area (Å²) in [5.41, 5.74) is 1.20. The van der Waals surface area contributed by atoms with Crippen molar-refractivity contribution in [1.29, 1.82) is 0 Å². The molecule has 1 aliphatic carbocycles. The Bertz CT molecular complexity index is 384. The van der Waals surface area contributed by atoms with Crippen LogP contribution < -0.4 is 5.32 Å². The van der Waals surface area contributed by atoms with Gasteiger partial charge in [0.25, 0.3) is 0 Å². The van der Waals surface area contributed by atoms with E-state index in [1.807, 2.05) is 12.1 Å². The number of nitrogens with one attached hydrogen (secondary N) is 1. The van der Waals surface area contributed by atoms with Gasteiger partial charge in [0, 0.05) is 34.7 Å². The third kappa shape index (κ3) is 3.35. The minimum absolute atomic E-state index is 0.122. The van der Waals surface area contributed by atoms with E-state index in [9.17, 15) is 5.11 Å². The predicted molar refractivity (Wildman–Crippen MR) is 71.6 cm³/mol. The van der Waals surface area contributed by atoms with Gasteiger partial charge < -0.3 is 10.4 Å². The van der Waals surface area contributed by atoms with Gasteiger partial charge >= 0.3 is 0 Å². The first-order valence-electron chi connectivity index (χ1n) is 5.85. The quantitative estimate of drug-likeness (QED) is 0.862. The van der Waals surface area contributed by atoms with Crippen LogP contribution in [0, 0.1) is 5.41 Å². The van der Waals surface area contributed by atoms with Gasteiger partial charge in [-0.05, 0) is 43.5 Å². The van der Waals surface area contributed by atoms with Gasteiger partial charge in [-0.2, -0.15) is 0 Å². The molecule has 1 fully saturated rings. The average molecular weight is 274 g/mol. The molecule has 2 N–H and O–H groups in total. The molecule has 1 aliphatic rings. The van der Waals surface area contributed by atoms with Crippen molar-refractivity contribution < 1.29 is 5.11 Å². The summed E-state index contributed by atoms with van der Waals surface area (Å²) in [5, 5.41) is 14.0. The lowest BCUT2D eigenvalue weighted by atomic mass is 10.1. The van der Waals surface area contributed by atoms with Crippen molar-refractivity contribution in [3.63, 3.8) is 0 Å². The lowest BCUT2D eigenvalue weighted by molar-refractivity contribution is 0.204. The lowest BCUT2D eigenvalue weighted by Crippen LogP contribution is -2.28. The summed E-state index contributed by atoms with van der Waals surface area (Å²) >= 11 is 11.9. The van der Waals surface area contributed by atoms with Gasteiger partial charge in [0.15, 0.2) is 0 Å². The second-order valence-electron chi connectivity index (χ2n) is 4.96. The Labute approximate surface area is 112 Å². The van der Waals surface area contributed by atoms with Crippen LogP contribution >= 0.6 is 23.2 Å². The van der Waals surface area contributed by atoms with Crippen LogP contribution in [-0.4, -0.2) is 18.3 Å². The molecule has 1 unspecified atom stereocenters. The van der Waals surface area contributed by atoms with Crippen molar-refractivity contribution >= 4 is 23.2 Å². The second kappa shape index (κ2) is 5.15. The van der Waals surface area contributed by atoms with E-state index in [4.69, 9.17) is 23.2 Å². The number of hydrogen-bond donors (Lipinski definition) is 2. The molecule has 0 heterocycles. The number of hydrogen-bond acceptors (Lipinski definition) is 2. The van der Waals surface area contributed by atoms with E-state index in [2.05, 4.69) is 12.2 Å². The molecule has 1 saturated carbocycles. The smallest absolute Gasteiger partial charge is 0.0499 e. The molecule has 4 heteroatoms. The van der Waals surface area contributed by atoms with Gasteiger partial charge in [-0.3, -0.25) is 0 Å². The van der Waals surface area contributed by atoms with E-state index >= 15 is 0 Å². The standard InChI is InChI=1S/C13H17Cl2NO/c1-9(16-7-13(8-17)2-3-13)10-4-11(14)6-12(15)5-10/h4-6,9,16-17H,2-3,7-8H2,1H3. The van der Waals surface area contributed by atoms with Crippen molar-refractivity contribution in [2.24, 2.45) is 5.41 Å². The maximum atomic E-state index is 9.25. The lowest BCUT2D eigenvalue weighted by Gasteiger charge is -2.19. The Hall–Kier alpha value is -0.280. The van der Waals surface area contributed by atoms with Gasteiger partial charge in [-0.15, -0.1) is 0 Å². The molecule has 1 atom stereocenters. The van der Waals surface area contributed by atoms with E-state index < -0.39 is 0 Å². The van der Waals surface area contributed by atoms with Crippen LogP contribution in [0.15, 0.2) is 18.2 Å². The van der Waals surface area contributed by atoms with E-state index in [-0.39, 0.29) is 18.1 Å². The number of halogens is 2. The molecule has 2 nitrogen and oxygen atoms in total. The second-order valence-corrected chi connectivity index (χ2v) is 5.84. The van der Waals surface area contributed by atoms with Gasteiger partial charge in [0.2, 0.25) is 0 Å². The Morgan fingerprint density at radius 3 is 2.35 bits per heavy atom. The van der Waals surface area contributed by atoms with Crippen LogP contribution in [0.4, 0.5) is 0 Å². The highest BCUT2D eigenvalue weighted by molar-refractivity contribution is 6.34. The molecule has 0 radical (unpaired) electrons. The van der Waals surface area contributed by atoms with Crippen molar-refractivity contribution in [1.82, 2.24) is 5.32 Å². The molecule has 0 bridgehead atoms. The van der Waals surface area contributed by atoms with Crippen LogP contribution in [0.2, 0.25) is 10.0 Å². The first-order valence-corrected chi connectivity index (χ1v) is 6.60. The van der Waals surface area contributed by atoms with Crippen LogP contribution in [0.1, 0.15) is 31.4 Å². The molecule has 94 valence electrons. The summed E-state index contributed by atoms with van der Waals surface area (Å²) in [5.74, 6) is 0. The Kier molecular flexibility index (Phi) is 3.99. The summed E-state index contributed by atoms with van der Waals surface area (Å²) in [6, 6.07) is 5.76. The molecular formula is C13H17Cl2NO. The molecule has 1 aromatic rings. The van der Waals surface area contributed by atoms with Crippen LogP contribution in [0.25, 0.3) is 0 Å². The Morgan fingerprint density at radius 1 is 1.29 bits per heavy atom. The number of aliphatic hydroxyl groups is 1. The summed E-state index contributed by atoms with van der Waals surface area (Å²) in [6.45, 7) is 3.19. The highest BCUT2D eigenvalue weighted by Gasteiger charge is 2.41. The first kappa shape index (κ1) is 13.2. The molecule has 0 amide bonds. The Morgan fingerprint density at radius 2 is 1.88 bits per heavy atom. The van der Waals surface area contributed by atoms with Crippen molar-refractivity contribution in [2.45, 2.75) is 25.8 Å². The third-order valence-corrected chi connectivity index (χ3v) is 3.90. The highest BCUT2D eigenvalue weighted by atomic mass is 35.5. The molecule has 0 saturated heterocycles.